The first-order valence-electron chi connectivity index (χ1n) is 5.79. The third kappa shape index (κ3) is 0.404. The lowest BCUT2D eigenvalue weighted by atomic mass is 9.38. The zero-order valence-corrected chi connectivity index (χ0v) is 8.17. The van der Waals surface area contributed by atoms with Crippen LogP contribution in [0.25, 0.3) is 0 Å². The molecule has 0 aliphatic heterocycles. The van der Waals surface area contributed by atoms with Gasteiger partial charge in [0.15, 0.2) is 0 Å². The monoisotopic (exact) mass is 204 g/mol. The van der Waals surface area contributed by atoms with Gasteiger partial charge in [-0.25, -0.2) is 0 Å². The highest BCUT2D eigenvalue weighted by Gasteiger charge is 2.88. The summed E-state index contributed by atoms with van der Waals surface area (Å²) in [6.45, 7) is 0. The van der Waals surface area contributed by atoms with Crippen molar-refractivity contribution < 1.29 is 10.4 Å². The molecule has 0 unspecified atom stereocenters. The van der Waals surface area contributed by atoms with Crippen LogP contribution in [0.1, 0.15) is 12.8 Å². The highest BCUT2D eigenvalue weighted by Crippen LogP contribution is 2.87. The molecular formula is C11H12N2O2. The first-order valence-corrected chi connectivity index (χ1v) is 5.79. The second-order valence-electron chi connectivity index (χ2n) is 5.95. The Morgan fingerprint density at radius 1 is 1.20 bits per heavy atom. The van der Waals surface area contributed by atoms with Crippen molar-refractivity contribution in [3.8, 4) is 0 Å². The van der Waals surface area contributed by atoms with Crippen molar-refractivity contribution in [3.63, 3.8) is 0 Å². The third-order valence-corrected chi connectivity index (χ3v) is 6.21. The quantitative estimate of drug-likeness (QED) is 0.459. The fourth-order valence-corrected chi connectivity index (χ4v) is 6.20. The van der Waals surface area contributed by atoms with Crippen molar-refractivity contribution in [2.45, 2.75) is 12.8 Å². The van der Waals surface area contributed by atoms with Gasteiger partial charge >= 0.3 is 0 Å². The molecule has 0 saturated heterocycles. The zero-order chi connectivity index (χ0) is 9.95. The van der Waals surface area contributed by atoms with E-state index in [0.717, 1.165) is 29.2 Å². The Kier molecular flexibility index (Phi) is 0.822. The molecule has 0 heterocycles. The fourth-order valence-electron chi connectivity index (χ4n) is 6.20. The summed E-state index contributed by atoms with van der Waals surface area (Å²) >= 11 is 0. The molecule has 0 aromatic carbocycles. The first kappa shape index (κ1) is 7.25. The topological polar surface area (TPSA) is 65.2 Å². The van der Waals surface area contributed by atoms with Crippen LogP contribution in [0.3, 0.4) is 0 Å². The lowest BCUT2D eigenvalue weighted by Gasteiger charge is -2.64. The molecule has 7 atom stereocenters. The fraction of sp³-hybridized carbons (Fsp3) is 0.818. The Morgan fingerprint density at radius 3 is 2.80 bits per heavy atom. The zero-order valence-electron chi connectivity index (χ0n) is 8.17. The standard InChI is InChI=1S/C11H12N2O2/c14-12-9-3-1-4-7-5-2-11(7,8(4)9)10(13-15)6(3)5/h3-8,14-15H,1-2H2/b12-9+,13-10-/t3-,4+,5-,6-,7+,8+,11-/m0/s1. The van der Waals surface area contributed by atoms with Gasteiger partial charge in [-0.1, -0.05) is 10.3 Å². The average Bonchev–Trinajstić information content (AvgIpc) is 2.64. The molecule has 4 heteroatoms. The summed E-state index contributed by atoms with van der Waals surface area (Å²) in [6.07, 6.45) is 2.37. The lowest BCUT2D eigenvalue weighted by molar-refractivity contribution is -0.151. The summed E-state index contributed by atoms with van der Waals surface area (Å²) in [5.74, 6) is 3.51. The van der Waals surface area contributed by atoms with Crippen LogP contribution in [0, 0.1) is 40.9 Å². The highest BCUT2D eigenvalue weighted by atomic mass is 16.4. The maximum Gasteiger partial charge on any atom is 0.0682 e. The van der Waals surface area contributed by atoms with Crippen LogP contribution < -0.4 is 0 Å². The largest absolute Gasteiger partial charge is 0.411 e. The Morgan fingerprint density at radius 2 is 2.07 bits per heavy atom. The third-order valence-electron chi connectivity index (χ3n) is 6.21. The minimum Gasteiger partial charge on any atom is -0.411 e. The number of oxime groups is 2. The van der Waals surface area contributed by atoms with Crippen LogP contribution in [0.4, 0.5) is 0 Å². The van der Waals surface area contributed by atoms with Crippen LogP contribution in [-0.4, -0.2) is 21.8 Å². The molecule has 2 N–H and O–H groups in total. The van der Waals surface area contributed by atoms with E-state index in [1.165, 1.54) is 12.8 Å². The summed E-state index contributed by atoms with van der Waals surface area (Å²) in [6, 6.07) is 0. The van der Waals surface area contributed by atoms with E-state index in [1.807, 2.05) is 0 Å². The normalized spacial score (nSPS) is 71.2. The summed E-state index contributed by atoms with van der Waals surface area (Å²) in [5, 5.41) is 25.4. The summed E-state index contributed by atoms with van der Waals surface area (Å²) in [5.41, 5.74) is 2.26. The van der Waals surface area contributed by atoms with E-state index in [4.69, 9.17) is 5.21 Å². The molecule has 1 spiro atoms. The molecule has 7 rings (SSSR count). The van der Waals surface area contributed by atoms with E-state index in [1.54, 1.807) is 0 Å². The van der Waals surface area contributed by atoms with E-state index in [0.29, 0.717) is 17.8 Å². The van der Waals surface area contributed by atoms with Crippen molar-refractivity contribution in [3.05, 3.63) is 0 Å². The molecule has 15 heavy (non-hydrogen) atoms. The molecule has 4 nitrogen and oxygen atoms in total. The molecule has 0 amide bonds. The Bertz CT molecular complexity index is 450. The van der Waals surface area contributed by atoms with Gasteiger partial charge in [0.2, 0.25) is 0 Å². The molecule has 0 aromatic heterocycles. The van der Waals surface area contributed by atoms with Gasteiger partial charge < -0.3 is 10.4 Å². The summed E-state index contributed by atoms with van der Waals surface area (Å²) < 4.78 is 0. The van der Waals surface area contributed by atoms with E-state index >= 15 is 0 Å². The number of rotatable bonds is 0. The molecule has 7 fully saturated rings. The molecule has 7 bridgehead atoms. The van der Waals surface area contributed by atoms with Gasteiger partial charge in [0.05, 0.1) is 11.4 Å². The molecule has 78 valence electrons. The van der Waals surface area contributed by atoms with Crippen LogP contribution in [0.15, 0.2) is 10.3 Å². The van der Waals surface area contributed by atoms with Crippen LogP contribution >= 0.6 is 0 Å². The molecule has 0 aromatic rings. The molecule has 7 aliphatic carbocycles. The van der Waals surface area contributed by atoms with Gasteiger partial charge in [0.25, 0.3) is 0 Å². The molecule has 7 aliphatic rings. The van der Waals surface area contributed by atoms with Crippen LogP contribution in [0.2, 0.25) is 0 Å². The van der Waals surface area contributed by atoms with Crippen LogP contribution in [0.5, 0.6) is 0 Å². The van der Waals surface area contributed by atoms with Gasteiger partial charge in [-0.2, -0.15) is 0 Å². The van der Waals surface area contributed by atoms with E-state index in [-0.39, 0.29) is 5.41 Å². The number of nitrogens with zero attached hydrogens (tertiary/aromatic N) is 2. The Labute approximate surface area is 86.6 Å². The van der Waals surface area contributed by atoms with Crippen LogP contribution in [-0.2, 0) is 0 Å². The second-order valence-corrected chi connectivity index (χ2v) is 5.95. The molecule has 7 saturated carbocycles. The van der Waals surface area contributed by atoms with E-state index in [2.05, 4.69) is 10.3 Å². The number of hydrogen-bond donors (Lipinski definition) is 2. The van der Waals surface area contributed by atoms with Gasteiger partial charge in [0.1, 0.15) is 0 Å². The first-order chi connectivity index (χ1) is 7.34. The Hall–Kier alpha value is -1.06. The Balaban J connectivity index is 1.84. The summed E-state index contributed by atoms with van der Waals surface area (Å²) in [7, 11) is 0. The van der Waals surface area contributed by atoms with Gasteiger partial charge in [-0.3, -0.25) is 0 Å². The lowest BCUT2D eigenvalue weighted by Crippen LogP contribution is -2.64. The van der Waals surface area contributed by atoms with Gasteiger partial charge in [0, 0.05) is 23.2 Å². The van der Waals surface area contributed by atoms with Crippen molar-refractivity contribution >= 4 is 11.4 Å². The second kappa shape index (κ2) is 1.70. The van der Waals surface area contributed by atoms with Crippen molar-refractivity contribution in [1.82, 2.24) is 0 Å². The maximum atomic E-state index is 9.18. The highest BCUT2D eigenvalue weighted by molar-refractivity contribution is 6.13. The molecule has 0 radical (unpaired) electrons. The van der Waals surface area contributed by atoms with E-state index in [9.17, 15) is 5.21 Å². The smallest absolute Gasteiger partial charge is 0.0682 e. The maximum absolute atomic E-state index is 9.18. The predicted octanol–water partition coefficient (Wildman–Crippen LogP) is 1.18. The average molecular weight is 204 g/mol. The SMILES string of the molecule is O/N=C1/[C@@H]2[C@@H]3C[C@@]14[C@@H]3[C@H]1C[C@@H]2/C(=N\O)[C@@H]14. The van der Waals surface area contributed by atoms with Gasteiger partial charge in [-0.05, 0) is 30.6 Å². The minimum absolute atomic E-state index is 0.156. The number of hydrogen-bond acceptors (Lipinski definition) is 4. The molecular weight excluding hydrogens is 192 g/mol. The summed E-state index contributed by atoms with van der Waals surface area (Å²) in [4.78, 5) is 0. The predicted molar refractivity (Wildman–Crippen MR) is 51.1 cm³/mol. The van der Waals surface area contributed by atoms with Gasteiger partial charge in [-0.15, -0.1) is 0 Å². The minimum atomic E-state index is 0.156. The van der Waals surface area contributed by atoms with Crippen molar-refractivity contribution in [1.29, 1.82) is 0 Å². The van der Waals surface area contributed by atoms with E-state index < -0.39 is 0 Å². The van der Waals surface area contributed by atoms with Crippen molar-refractivity contribution in [2.75, 3.05) is 0 Å². The van der Waals surface area contributed by atoms with Crippen molar-refractivity contribution in [2.24, 2.45) is 51.2 Å².